The van der Waals surface area contributed by atoms with E-state index in [1.165, 1.54) is 11.0 Å². The zero-order valence-electron chi connectivity index (χ0n) is 8.58. The van der Waals surface area contributed by atoms with Gasteiger partial charge < -0.3 is 10.6 Å². The number of nitrogens with zero attached hydrogens (tertiary/aromatic N) is 1. The summed E-state index contributed by atoms with van der Waals surface area (Å²) >= 11 is 1.80. The molecule has 0 aliphatic carbocycles. The van der Waals surface area contributed by atoms with Crippen LogP contribution in [-0.4, -0.2) is 25.4 Å². The summed E-state index contributed by atoms with van der Waals surface area (Å²) in [5.74, 6) is 0.914. The summed E-state index contributed by atoms with van der Waals surface area (Å²) in [5.41, 5.74) is 6.52. The Bertz CT molecular complexity index is 343. The van der Waals surface area contributed by atoms with Gasteiger partial charge in [-0.2, -0.15) is 0 Å². The number of anilines is 1. The van der Waals surface area contributed by atoms with Crippen LogP contribution < -0.4 is 10.6 Å². The van der Waals surface area contributed by atoms with Crippen molar-refractivity contribution in [3.05, 3.63) is 24.0 Å². The summed E-state index contributed by atoms with van der Waals surface area (Å²) in [4.78, 5) is 3.40. The van der Waals surface area contributed by atoms with E-state index in [9.17, 15) is 4.39 Å². The highest BCUT2D eigenvalue weighted by Crippen LogP contribution is 2.34. The molecule has 0 bridgehead atoms. The van der Waals surface area contributed by atoms with Crippen LogP contribution in [0.1, 0.15) is 6.42 Å². The van der Waals surface area contributed by atoms with E-state index in [1.807, 2.05) is 6.07 Å². The normalized spacial score (nSPS) is 15.2. The predicted octanol–water partition coefficient (Wildman–Crippen LogP) is 2.09. The quantitative estimate of drug-likeness (QED) is 0.855. The van der Waals surface area contributed by atoms with Gasteiger partial charge in [-0.05, 0) is 31.2 Å². The Morgan fingerprint density at radius 2 is 2.33 bits per heavy atom. The number of benzene rings is 1. The van der Waals surface area contributed by atoms with E-state index < -0.39 is 0 Å². The molecule has 2 nitrogen and oxygen atoms in total. The van der Waals surface area contributed by atoms with Crippen LogP contribution in [0.3, 0.4) is 0 Å². The molecule has 15 heavy (non-hydrogen) atoms. The minimum atomic E-state index is -0.158. The molecule has 82 valence electrons. The van der Waals surface area contributed by atoms with Crippen molar-refractivity contribution in [1.29, 1.82) is 0 Å². The lowest BCUT2D eigenvalue weighted by atomic mass is 10.2. The van der Waals surface area contributed by atoms with E-state index in [0.717, 1.165) is 31.0 Å². The molecule has 1 aromatic carbocycles. The summed E-state index contributed by atoms with van der Waals surface area (Å²) in [7, 11) is 0. The van der Waals surface area contributed by atoms with E-state index in [4.69, 9.17) is 5.73 Å². The average Bonchev–Trinajstić information content (AvgIpc) is 2.26. The third kappa shape index (κ3) is 2.44. The van der Waals surface area contributed by atoms with Gasteiger partial charge in [-0.25, -0.2) is 4.39 Å². The fourth-order valence-corrected chi connectivity index (χ4v) is 2.79. The second-order valence-electron chi connectivity index (χ2n) is 3.59. The Balaban J connectivity index is 2.20. The molecule has 0 spiro atoms. The van der Waals surface area contributed by atoms with Gasteiger partial charge in [0, 0.05) is 23.7 Å². The number of halogens is 1. The van der Waals surface area contributed by atoms with Gasteiger partial charge in [0.1, 0.15) is 5.82 Å². The molecule has 0 aromatic heterocycles. The average molecular weight is 226 g/mol. The smallest absolute Gasteiger partial charge is 0.125 e. The van der Waals surface area contributed by atoms with Crippen molar-refractivity contribution in [1.82, 2.24) is 0 Å². The van der Waals surface area contributed by atoms with Crippen LogP contribution in [-0.2, 0) is 0 Å². The maximum Gasteiger partial charge on any atom is 0.125 e. The summed E-state index contributed by atoms with van der Waals surface area (Å²) in [6.45, 7) is 2.60. The van der Waals surface area contributed by atoms with Gasteiger partial charge in [-0.3, -0.25) is 0 Å². The van der Waals surface area contributed by atoms with Gasteiger partial charge >= 0.3 is 0 Å². The minimum absolute atomic E-state index is 0.158. The van der Waals surface area contributed by atoms with Crippen molar-refractivity contribution in [3.63, 3.8) is 0 Å². The molecular weight excluding hydrogens is 211 g/mol. The number of hydrogen-bond acceptors (Lipinski definition) is 3. The molecule has 1 aliphatic heterocycles. The van der Waals surface area contributed by atoms with E-state index in [-0.39, 0.29) is 5.82 Å². The van der Waals surface area contributed by atoms with Crippen LogP contribution in [0.25, 0.3) is 0 Å². The second-order valence-corrected chi connectivity index (χ2v) is 4.73. The lowest BCUT2D eigenvalue weighted by Gasteiger charge is -2.30. The van der Waals surface area contributed by atoms with Crippen molar-refractivity contribution in [3.8, 4) is 0 Å². The summed E-state index contributed by atoms with van der Waals surface area (Å²) < 4.78 is 13.1. The SMILES string of the molecule is NCCCN1CCSc2ccc(F)cc21. The molecule has 2 N–H and O–H groups in total. The first-order valence-electron chi connectivity index (χ1n) is 5.18. The highest BCUT2D eigenvalue weighted by atomic mass is 32.2. The number of rotatable bonds is 3. The highest BCUT2D eigenvalue weighted by molar-refractivity contribution is 7.99. The lowest BCUT2D eigenvalue weighted by molar-refractivity contribution is 0.624. The van der Waals surface area contributed by atoms with Crippen molar-refractivity contribution < 1.29 is 4.39 Å². The first-order valence-corrected chi connectivity index (χ1v) is 6.17. The largest absolute Gasteiger partial charge is 0.370 e. The Labute approximate surface area is 93.6 Å². The maximum atomic E-state index is 13.1. The molecule has 0 saturated heterocycles. The van der Waals surface area contributed by atoms with Gasteiger partial charge in [-0.1, -0.05) is 0 Å². The third-order valence-electron chi connectivity index (χ3n) is 2.51. The van der Waals surface area contributed by atoms with Gasteiger partial charge in [0.25, 0.3) is 0 Å². The molecule has 0 unspecified atom stereocenters. The zero-order valence-corrected chi connectivity index (χ0v) is 9.39. The highest BCUT2D eigenvalue weighted by Gasteiger charge is 2.17. The molecule has 2 rings (SSSR count). The van der Waals surface area contributed by atoms with Crippen molar-refractivity contribution in [2.75, 3.05) is 30.3 Å². The molecule has 0 amide bonds. The fourth-order valence-electron chi connectivity index (χ4n) is 1.76. The summed E-state index contributed by atoms with van der Waals surface area (Å²) in [6, 6.07) is 5.01. The molecule has 0 fully saturated rings. The summed E-state index contributed by atoms with van der Waals surface area (Å²) in [6.07, 6.45) is 0.959. The van der Waals surface area contributed by atoms with Gasteiger partial charge in [-0.15, -0.1) is 11.8 Å². The molecule has 0 radical (unpaired) electrons. The number of fused-ring (bicyclic) bond motifs is 1. The van der Waals surface area contributed by atoms with Gasteiger partial charge in [0.05, 0.1) is 5.69 Å². The zero-order chi connectivity index (χ0) is 10.7. The fraction of sp³-hybridized carbons (Fsp3) is 0.455. The summed E-state index contributed by atoms with van der Waals surface area (Å²) in [5, 5.41) is 0. The van der Waals surface area contributed by atoms with Crippen LogP contribution in [0.5, 0.6) is 0 Å². The van der Waals surface area contributed by atoms with Gasteiger partial charge in [0.15, 0.2) is 0 Å². The number of nitrogens with two attached hydrogens (primary N) is 1. The van der Waals surface area contributed by atoms with Crippen LogP contribution in [0, 0.1) is 5.82 Å². The Morgan fingerprint density at radius 1 is 1.47 bits per heavy atom. The Kier molecular flexibility index (Phi) is 3.49. The number of thioether (sulfide) groups is 1. The van der Waals surface area contributed by atoms with E-state index in [2.05, 4.69) is 4.90 Å². The molecule has 1 heterocycles. The molecule has 0 atom stereocenters. The van der Waals surface area contributed by atoms with E-state index in [1.54, 1.807) is 17.8 Å². The molecular formula is C11H15FN2S. The van der Waals surface area contributed by atoms with Crippen molar-refractivity contribution in [2.45, 2.75) is 11.3 Å². The molecule has 1 aromatic rings. The Morgan fingerprint density at radius 3 is 3.13 bits per heavy atom. The molecule has 1 aliphatic rings. The van der Waals surface area contributed by atoms with E-state index in [0.29, 0.717) is 6.54 Å². The van der Waals surface area contributed by atoms with Crippen LogP contribution in [0.4, 0.5) is 10.1 Å². The van der Waals surface area contributed by atoms with Gasteiger partial charge in [0.2, 0.25) is 0 Å². The van der Waals surface area contributed by atoms with Crippen molar-refractivity contribution in [2.24, 2.45) is 5.73 Å². The van der Waals surface area contributed by atoms with Crippen LogP contribution in [0.2, 0.25) is 0 Å². The monoisotopic (exact) mass is 226 g/mol. The maximum absolute atomic E-state index is 13.1. The predicted molar refractivity (Wildman–Crippen MR) is 63.0 cm³/mol. The van der Waals surface area contributed by atoms with Crippen LogP contribution in [0.15, 0.2) is 23.1 Å². The van der Waals surface area contributed by atoms with Crippen molar-refractivity contribution >= 4 is 17.4 Å². The first kappa shape index (κ1) is 10.8. The topological polar surface area (TPSA) is 29.3 Å². The first-order chi connectivity index (χ1) is 7.31. The molecule has 4 heteroatoms. The minimum Gasteiger partial charge on any atom is -0.370 e. The van der Waals surface area contributed by atoms with Crippen LogP contribution >= 0.6 is 11.8 Å². The second kappa shape index (κ2) is 4.86. The standard InChI is InChI=1S/C11H15FN2S/c12-9-2-3-11-10(8-9)14(5-1-4-13)6-7-15-11/h2-3,8H,1,4-7,13H2. The Hall–Kier alpha value is -0.740. The van der Waals surface area contributed by atoms with E-state index >= 15 is 0 Å². The third-order valence-corrected chi connectivity index (χ3v) is 3.56. The molecule has 0 saturated carbocycles. The lowest BCUT2D eigenvalue weighted by Crippen LogP contribution is -2.31. The number of hydrogen-bond donors (Lipinski definition) is 1.